The normalized spacial score (nSPS) is 15.6. The summed E-state index contributed by atoms with van der Waals surface area (Å²) in [5.74, 6) is 0.710. The maximum absolute atomic E-state index is 5.18. The van der Waals surface area contributed by atoms with Gasteiger partial charge in [-0.2, -0.15) is 0 Å². The van der Waals surface area contributed by atoms with Crippen molar-refractivity contribution in [3.8, 4) is 5.88 Å². The van der Waals surface area contributed by atoms with E-state index >= 15 is 0 Å². The Morgan fingerprint density at radius 2 is 2.43 bits per heavy atom. The third kappa shape index (κ3) is 2.45. The van der Waals surface area contributed by atoms with Crippen LogP contribution in [0, 0.1) is 0 Å². The first kappa shape index (κ1) is 9.93. The first-order valence-electron chi connectivity index (χ1n) is 4.71. The van der Waals surface area contributed by atoms with Crippen LogP contribution in [-0.4, -0.2) is 18.1 Å². The second-order valence-electron chi connectivity index (χ2n) is 3.48. The quantitative estimate of drug-likeness (QED) is 0.896. The summed E-state index contributed by atoms with van der Waals surface area (Å²) in [4.78, 5) is 4.19. The molecule has 2 rings (SSSR count). The van der Waals surface area contributed by atoms with Crippen LogP contribution in [0.3, 0.4) is 0 Å². The number of rotatable bonds is 4. The van der Waals surface area contributed by atoms with Crippen molar-refractivity contribution in [2.75, 3.05) is 7.11 Å². The highest BCUT2D eigenvalue weighted by atomic mass is 79.9. The predicted octanol–water partition coefficient (Wildman–Crippen LogP) is 2.10. The second-order valence-corrected chi connectivity index (χ2v) is 4.39. The molecule has 0 spiro atoms. The van der Waals surface area contributed by atoms with Crippen LogP contribution >= 0.6 is 15.9 Å². The Morgan fingerprint density at radius 3 is 3.07 bits per heavy atom. The maximum atomic E-state index is 5.18. The molecule has 1 saturated carbocycles. The first-order valence-corrected chi connectivity index (χ1v) is 5.50. The standard InChI is InChI=1S/C10H13BrN2O/c1-14-10-7(4-8(11)6-13-10)5-12-9-2-3-9/h4,6,9,12H,2-3,5H2,1H3. The van der Waals surface area contributed by atoms with Crippen LogP contribution in [0.1, 0.15) is 18.4 Å². The van der Waals surface area contributed by atoms with Crippen molar-refractivity contribution in [2.24, 2.45) is 0 Å². The molecule has 4 heteroatoms. The molecule has 1 aliphatic rings. The number of methoxy groups -OCH3 is 1. The predicted molar refractivity (Wildman–Crippen MR) is 58.4 cm³/mol. The Morgan fingerprint density at radius 1 is 1.64 bits per heavy atom. The molecule has 1 heterocycles. The van der Waals surface area contributed by atoms with Gasteiger partial charge in [0.15, 0.2) is 0 Å². The number of pyridine rings is 1. The summed E-state index contributed by atoms with van der Waals surface area (Å²) in [5.41, 5.74) is 1.11. The van der Waals surface area contributed by atoms with Gasteiger partial charge in [-0.05, 0) is 34.8 Å². The van der Waals surface area contributed by atoms with E-state index in [2.05, 4.69) is 26.2 Å². The average molecular weight is 257 g/mol. The van der Waals surface area contributed by atoms with Crippen LogP contribution in [0.15, 0.2) is 16.7 Å². The Bertz CT molecular complexity index is 326. The number of nitrogens with one attached hydrogen (secondary N) is 1. The molecule has 1 fully saturated rings. The first-order chi connectivity index (χ1) is 6.79. The molecular formula is C10H13BrN2O. The van der Waals surface area contributed by atoms with E-state index in [9.17, 15) is 0 Å². The van der Waals surface area contributed by atoms with E-state index in [1.54, 1.807) is 13.3 Å². The van der Waals surface area contributed by atoms with Gasteiger partial charge in [-0.25, -0.2) is 4.98 Å². The molecule has 0 bridgehead atoms. The largest absolute Gasteiger partial charge is 0.481 e. The third-order valence-electron chi connectivity index (χ3n) is 2.24. The van der Waals surface area contributed by atoms with Crippen LogP contribution in [0.25, 0.3) is 0 Å². The Hall–Kier alpha value is -0.610. The number of halogens is 1. The summed E-state index contributed by atoms with van der Waals surface area (Å²) in [6.07, 6.45) is 4.34. The lowest BCUT2D eigenvalue weighted by Crippen LogP contribution is -2.16. The fourth-order valence-corrected chi connectivity index (χ4v) is 1.70. The van der Waals surface area contributed by atoms with Gasteiger partial charge < -0.3 is 10.1 Å². The van der Waals surface area contributed by atoms with Crippen LogP contribution in [0.4, 0.5) is 0 Å². The Balaban J connectivity index is 2.07. The van der Waals surface area contributed by atoms with Gasteiger partial charge in [-0.3, -0.25) is 0 Å². The zero-order chi connectivity index (χ0) is 9.97. The van der Waals surface area contributed by atoms with Crippen molar-refractivity contribution >= 4 is 15.9 Å². The molecule has 1 aliphatic carbocycles. The van der Waals surface area contributed by atoms with Crippen LogP contribution in [-0.2, 0) is 6.54 Å². The maximum Gasteiger partial charge on any atom is 0.217 e. The summed E-state index contributed by atoms with van der Waals surface area (Å²) in [5, 5.41) is 3.43. The lowest BCUT2D eigenvalue weighted by Gasteiger charge is -2.08. The van der Waals surface area contributed by atoms with Gasteiger partial charge in [0.25, 0.3) is 0 Å². The molecule has 1 aromatic heterocycles. The number of hydrogen-bond acceptors (Lipinski definition) is 3. The molecule has 0 aromatic carbocycles. The molecular weight excluding hydrogens is 244 g/mol. The molecule has 76 valence electrons. The minimum Gasteiger partial charge on any atom is -0.481 e. The van der Waals surface area contributed by atoms with Crippen molar-refractivity contribution in [3.63, 3.8) is 0 Å². The van der Waals surface area contributed by atoms with Crippen LogP contribution in [0.2, 0.25) is 0 Å². The van der Waals surface area contributed by atoms with E-state index in [1.165, 1.54) is 12.8 Å². The van der Waals surface area contributed by atoms with Gasteiger partial charge in [0.2, 0.25) is 5.88 Å². The summed E-state index contributed by atoms with van der Waals surface area (Å²) in [7, 11) is 1.65. The molecule has 3 nitrogen and oxygen atoms in total. The fraction of sp³-hybridized carbons (Fsp3) is 0.500. The minimum atomic E-state index is 0.707. The van der Waals surface area contributed by atoms with Crippen molar-refractivity contribution < 1.29 is 4.74 Å². The molecule has 0 aliphatic heterocycles. The van der Waals surface area contributed by atoms with E-state index in [0.717, 1.165) is 16.6 Å². The molecule has 0 radical (unpaired) electrons. The molecule has 0 amide bonds. The van der Waals surface area contributed by atoms with Crippen molar-refractivity contribution in [3.05, 3.63) is 22.3 Å². The number of aromatic nitrogens is 1. The van der Waals surface area contributed by atoms with E-state index in [-0.39, 0.29) is 0 Å². The molecule has 14 heavy (non-hydrogen) atoms. The van der Waals surface area contributed by atoms with Gasteiger partial charge in [0, 0.05) is 28.8 Å². The van der Waals surface area contributed by atoms with Gasteiger partial charge in [0.05, 0.1) is 7.11 Å². The van der Waals surface area contributed by atoms with Crippen molar-refractivity contribution in [1.29, 1.82) is 0 Å². The van der Waals surface area contributed by atoms with Crippen LogP contribution < -0.4 is 10.1 Å². The Labute approximate surface area is 92.0 Å². The molecule has 1 aromatic rings. The average Bonchev–Trinajstić information content (AvgIpc) is 2.98. The zero-order valence-electron chi connectivity index (χ0n) is 8.09. The number of ether oxygens (including phenoxy) is 1. The third-order valence-corrected chi connectivity index (χ3v) is 2.68. The molecule has 0 unspecified atom stereocenters. The summed E-state index contributed by atoms with van der Waals surface area (Å²) >= 11 is 3.40. The lowest BCUT2D eigenvalue weighted by atomic mass is 10.2. The fourth-order valence-electron chi connectivity index (χ4n) is 1.32. The van der Waals surface area contributed by atoms with E-state index < -0.39 is 0 Å². The summed E-state index contributed by atoms with van der Waals surface area (Å²) in [6, 6.07) is 2.75. The van der Waals surface area contributed by atoms with Gasteiger partial charge in [0.1, 0.15) is 0 Å². The topological polar surface area (TPSA) is 34.1 Å². The van der Waals surface area contributed by atoms with Gasteiger partial charge in [-0.15, -0.1) is 0 Å². The number of nitrogens with zero attached hydrogens (tertiary/aromatic N) is 1. The van der Waals surface area contributed by atoms with Crippen LogP contribution in [0.5, 0.6) is 5.88 Å². The molecule has 1 N–H and O–H groups in total. The highest BCUT2D eigenvalue weighted by Gasteiger charge is 2.20. The van der Waals surface area contributed by atoms with Gasteiger partial charge in [-0.1, -0.05) is 0 Å². The molecule has 0 saturated heterocycles. The monoisotopic (exact) mass is 256 g/mol. The van der Waals surface area contributed by atoms with E-state index in [0.29, 0.717) is 11.9 Å². The second kappa shape index (κ2) is 4.28. The summed E-state index contributed by atoms with van der Waals surface area (Å²) < 4.78 is 6.17. The molecule has 0 atom stereocenters. The van der Waals surface area contributed by atoms with Crippen molar-refractivity contribution in [2.45, 2.75) is 25.4 Å². The zero-order valence-corrected chi connectivity index (χ0v) is 9.67. The highest BCUT2D eigenvalue weighted by molar-refractivity contribution is 9.10. The highest BCUT2D eigenvalue weighted by Crippen LogP contribution is 2.23. The van der Waals surface area contributed by atoms with Crippen molar-refractivity contribution in [1.82, 2.24) is 10.3 Å². The SMILES string of the molecule is COc1ncc(Br)cc1CNC1CC1. The minimum absolute atomic E-state index is 0.707. The van der Waals surface area contributed by atoms with Gasteiger partial charge >= 0.3 is 0 Å². The summed E-state index contributed by atoms with van der Waals surface area (Å²) in [6.45, 7) is 0.834. The lowest BCUT2D eigenvalue weighted by molar-refractivity contribution is 0.390. The van der Waals surface area contributed by atoms with E-state index in [4.69, 9.17) is 4.74 Å². The smallest absolute Gasteiger partial charge is 0.217 e. The number of hydrogen-bond donors (Lipinski definition) is 1. The Kier molecular flexibility index (Phi) is 3.03. The van der Waals surface area contributed by atoms with E-state index in [1.807, 2.05) is 6.07 Å².